The number of hydrogen-bond donors (Lipinski definition) is 3. The van der Waals surface area contributed by atoms with Gasteiger partial charge in [0.2, 0.25) is 0 Å². The fourth-order valence-corrected chi connectivity index (χ4v) is 4.99. The molecular formula is C29H39F2N7O2S. The number of thioether (sulfide) groups is 1. The van der Waals surface area contributed by atoms with Crippen molar-refractivity contribution in [2.75, 3.05) is 27.9 Å². The van der Waals surface area contributed by atoms with E-state index in [4.69, 9.17) is 4.74 Å². The average Bonchev–Trinajstić information content (AvgIpc) is 3.62. The van der Waals surface area contributed by atoms with Crippen LogP contribution < -0.4 is 20.8 Å². The lowest BCUT2D eigenvalue weighted by Gasteiger charge is -2.17. The van der Waals surface area contributed by atoms with Crippen molar-refractivity contribution in [1.82, 2.24) is 35.9 Å². The third-order valence-corrected chi connectivity index (χ3v) is 7.29. The second-order valence-corrected chi connectivity index (χ2v) is 10.2. The van der Waals surface area contributed by atoms with Crippen molar-refractivity contribution in [3.05, 3.63) is 47.7 Å². The normalized spacial score (nSPS) is 19.6. The molecule has 9 nitrogen and oxygen atoms in total. The molecule has 0 aromatic carbocycles. The number of nitrogens with zero attached hydrogens (tertiary/aromatic N) is 4. The van der Waals surface area contributed by atoms with Crippen molar-refractivity contribution in [3.8, 4) is 28.7 Å². The topological polar surface area (TPSA) is 94.6 Å². The minimum Gasteiger partial charge on any atom is -0.494 e. The van der Waals surface area contributed by atoms with Crippen LogP contribution >= 0.6 is 11.8 Å². The van der Waals surface area contributed by atoms with Gasteiger partial charge < -0.3 is 20.3 Å². The van der Waals surface area contributed by atoms with Crippen LogP contribution in [0.2, 0.25) is 0 Å². The van der Waals surface area contributed by atoms with Crippen LogP contribution in [0.25, 0.3) is 16.8 Å². The number of hydrazine groups is 1. The number of nitrogens with one attached hydrogen (secondary N) is 3. The number of halogens is 2. The lowest BCUT2D eigenvalue weighted by atomic mass is 9.98. The zero-order valence-corrected chi connectivity index (χ0v) is 25.4. The Kier molecular flexibility index (Phi) is 11.8. The second kappa shape index (κ2) is 15.0. The van der Waals surface area contributed by atoms with Crippen LogP contribution in [0.3, 0.4) is 0 Å². The molecule has 2 atom stereocenters. The van der Waals surface area contributed by atoms with Gasteiger partial charge in [0.25, 0.3) is 12.3 Å². The summed E-state index contributed by atoms with van der Waals surface area (Å²) in [7, 11) is 5.22. The summed E-state index contributed by atoms with van der Waals surface area (Å²) >= 11 is 1.48. The summed E-state index contributed by atoms with van der Waals surface area (Å²) in [6.07, 6.45) is 4.09. The number of rotatable bonds is 6. The van der Waals surface area contributed by atoms with Crippen LogP contribution in [0.4, 0.5) is 8.78 Å². The van der Waals surface area contributed by atoms with Crippen molar-refractivity contribution in [3.63, 3.8) is 0 Å². The summed E-state index contributed by atoms with van der Waals surface area (Å²) in [5.74, 6) is 6.84. The molecule has 41 heavy (non-hydrogen) atoms. The maximum absolute atomic E-state index is 13.5. The van der Waals surface area contributed by atoms with Gasteiger partial charge in [-0.2, -0.15) is 0 Å². The van der Waals surface area contributed by atoms with Gasteiger partial charge in [0.15, 0.2) is 0 Å². The zero-order chi connectivity index (χ0) is 30.1. The number of methoxy groups -OCH3 is 1. The smallest absolute Gasteiger partial charge is 0.280 e. The van der Waals surface area contributed by atoms with Crippen LogP contribution in [0.1, 0.15) is 68.7 Å². The van der Waals surface area contributed by atoms with E-state index < -0.39 is 23.5 Å². The SMILES string of the molecule is CC.CC.COc1cnc(C(F)F)cc1-c1cc(C2=CN(C)CN2)ncc1C(=O)NC1NN(C)C(C#CC2CC2)S1. The van der Waals surface area contributed by atoms with Crippen LogP contribution in [0, 0.1) is 17.8 Å². The van der Waals surface area contributed by atoms with Crippen molar-refractivity contribution in [1.29, 1.82) is 0 Å². The molecule has 3 aliphatic rings. The average molecular weight is 588 g/mol. The summed E-state index contributed by atoms with van der Waals surface area (Å²) in [5.41, 5.74) is 4.63. The van der Waals surface area contributed by atoms with E-state index in [-0.39, 0.29) is 16.7 Å². The Morgan fingerprint density at radius 2 is 1.85 bits per heavy atom. The van der Waals surface area contributed by atoms with E-state index in [1.54, 1.807) is 6.07 Å². The lowest BCUT2D eigenvalue weighted by molar-refractivity contribution is 0.0934. The van der Waals surface area contributed by atoms with Gasteiger partial charge >= 0.3 is 0 Å². The van der Waals surface area contributed by atoms with Crippen molar-refractivity contribution >= 4 is 23.4 Å². The van der Waals surface area contributed by atoms with E-state index in [2.05, 4.69) is 37.9 Å². The summed E-state index contributed by atoms with van der Waals surface area (Å²) in [6, 6.07) is 2.95. The molecule has 2 fully saturated rings. The van der Waals surface area contributed by atoms with Gasteiger partial charge in [0.05, 0.1) is 36.9 Å². The molecule has 3 N–H and O–H groups in total. The highest BCUT2D eigenvalue weighted by Crippen LogP contribution is 2.36. The number of carbonyl (C=O) groups is 1. The molecule has 1 saturated heterocycles. The molecule has 12 heteroatoms. The molecule has 1 aliphatic carbocycles. The highest BCUT2D eigenvalue weighted by molar-refractivity contribution is 8.00. The van der Waals surface area contributed by atoms with Gasteiger partial charge in [-0.25, -0.2) is 19.2 Å². The minimum atomic E-state index is -2.78. The van der Waals surface area contributed by atoms with Crippen LogP contribution in [-0.4, -0.2) is 64.5 Å². The van der Waals surface area contributed by atoms with Crippen LogP contribution in [0.5, 0.6) is 5.75 Å². The molecule has 2 aliphatic heterocycles. The lowest BCUT2D eigenvalue weighted by Crippen LogP contribution is -2.44. The standard InChI is InChI=1S/C25H27F2N7O2S.2C2H6/c1-33-12-20(30-13-33)18-8-15(16-9-19(23(26)27)29-11-21(16)36-3)17(10-28-18)24(35)31-25-32-34(2)22(37-25)7-6-14-4-5-14;2*1-2/h8-12,14,22-23,25,30,32H,4-5,13H2,1-3H3,(H,31,35);2*1-2H3. The van der Waals surface area contributed by atoms with E-state index in [0.717, 1.165) is 18.5 Å². The highest BCUT2D eigenvalue weighted by Gasteiger charge is 2.31. The molecule has 1 saturated carbocycles. The predicted molar refractivity (Wildman–Crippen MR) is 159 cm³/mol. The van der Waals surface area contributed by atoms with Crippen molar-refractivity contribution in [2.24, 2.45) is 5.92 Å². The predicted octanol–water partition coefficient (Wildman–Crippen LogP) is 4.87. The van der Waals surface area contributed by atoms with E-state index in [9.17, 15) is 13.6 Å². The molecule has 4 heterocycles. The molecule has 2 aromatic heterocycles. The largest absolute Gasteiger partial charge is 0.494 e. The minimum absolute atomic E-state index is 0.0999. The Labute approximate surface area is 245 Å². The van der Waals surface area contributed by atoms with Crippen molar-refractivity contribution in [2.45, 2.75) is 57.8 Å². The molecule has 0 radical (unpaired) electrons. The Hall–Kier alpha value is -3.40. The number of aromatic nitrogens is 2. The van der Waals surface area contributed by atoms with Gasteiger partial charge in [-0.3, -0.25) is 14.8 Å². The van der Waals surface area contributed by atoms with Gasteiger partial charge in [-0.1, -0.05) is 51.3 Å². The molecule has 2 unspecified atom stereocenters. The number of ether oxygens (including phenoxy) is 1. The van der Waals surface area contributed by atoms with Gasteiger partial charge in [0, 0.05) is 43.5 Å². The fourth-order valence-electron chi connectivity index (χ4n) is 3.95. The summed E-state index contributed by atoms with van der Waals surface area (Å²) in [6.45, 7) is 8.60. The molecule has 2 aromatic rings. The quantitative estimate of drug-likeness (QED) is 0.409. The number of amides is 1. The maximum Gasteiger partial charge on any atom is 0.280 e. The number of pyridine rings is 2. The third-order valence-electron chi connectivity index (χ3n) is 6.10. The van der Waals surface area contributed by atoms with Crippen LogP contribution in [-0.2, 0) is 0 Å². The van der Waals surface area contributed by atoms with E-state index in [1.807, 2.05) is 57.9 Å². The molecule has 222 valence electrons. The van der Waals surface area contributed by atoms with Crippen molar-refractivity contribution < 1.29 is 18.3 Å². The highest BCUT2D eigenvalue weighted by atomic mass is 32.2. The zero-order valence-electron chi connectivity index (χ0n) is 24.6. The van der Waals surface area contributed by atoms with Gasteiger partial charge in [-0.05, 0) is 25.0 Å². The second-order valence-electron chi connectivity index (χ2n) is 9.00. The number of hydrogen-bond acceptors (Lipinski definition) is 9. The van der Waals surface area contributed by atoms with E-state index in [1.165, 1.54) is 37.3 Å². The third kappa shape index (κ3) is 8.09. The Balaban J connectivity index is 0.00000111. The van der Waals surface area contributed by atoms with Gasteiger partial charge in [0.1, 0.15) is 22.3 Å². The summed E-state index contributed by atoms with van der Waals surface area (Å²) < 4.78 is 32.5. The molecule has 5 rings (SSSR count). The first-order chi connectivity index (χ1) is 19.8. The Bertz CT molecular complexity index is 1290. The number of alkyl halides is 2. The first-order valence-electron chi connectivity index (χ1n) is 13.8. The number of carbonyl (C=O) groups excluding carboxylic acids is 1. The summed E-state index contributed by atoms with van der Waals surface area (Å²) in [4.78, 5) is 23.7. The summed E-state index contributed by atoms with van der Waals surface area (Å²) in [5, 5.41) is 7.95. The van der Waals surface area contributed by atoms with Gasteiger partial charge in [-0.15, -0.1) is 0 Å². The Morgan fingerprint density at radius 1 is 1.12 bits per heavy atom. The maximum atomic E-state index is 13.5. The monoisotopic (exact) mass is 587 g/mol. The molecule has 0 spiro atoms. The first kappa shape index (κ1) is 32.1. The fraction of sp³-hybridized carbons (Fsp3) is 0.483. The molecule has 0 bridgehead atoms. The first-order valence-corrected chi connectivity index (χ1v) is 14.7. The molecular weight excluding hydrogens is 548 g/mol. The van der Waals surface area contributed by atoms with Crippen LogP contribution in [0.15, 0.2) is 30.7 Å². The Morgan fingerprint density at radius 3 is 2.46 bits per heavy atom. The van der Waals surface area contributed by atoms with E-state index in [0.29, 0.717) is 29.4 Å². The van der Waals surface area contributed by atoms with E-state index >= 15 is 0 Å². The molecule has 1 amide bonds.